The van der Waals surface area contributed by atoms with Crippen LogP contribution in [-0.2, 0) is 0 Å². The van der Waals surface area contributed by atoms with Gasteiger partial charge in [-0.05, 0) is 50.1 Å². The van der Waals surface area contributed by atoms with Crippen LogP contribution in [0.5, 0.6) is 5.75 Å². The van der Waals surface area contributed by atoms with E-state index in [1.165, 1.54) is 0 Å². The Kier molecular flexibility index (Phi) is 5.45. The lowest BCUT2D eigenvalue weighted by molar-refractivity contribution is 0.0940. The molecule has 2 rings (SSSR count). The Morgan fingerprint density at radius 1 is 1.27 bits per heavy atom. The van der Waals surface area contributed by atoms with E-state index in [1.807, 2.05) is 45.0 Å². The highest BCUT2D eigenvalue weighted by molar-refractivity contribution is 6.32. The molecule has 0 spiro atoms. The van der Waals surface area contributed by atoms with E-state index in [2.05, 4.69) is 5.32 Å². The average molecular weight is 318 g/mol. The average Bonchev–Trinajstić information content (AvgIpc) is 2.49. The normalized spacial score (nSPS) is 11.8. The van der Waals surface area contributed by atoms with Gasteiger partial charge in [0.2, 0.25) is 0 Å². The SMILES string of the molecule is CCOc1ccc(C(=O)N[C@H](C)c2ccccc2C)cc1Cl. The van der Waals surface area contributed by atoms with E-state index >= 15 is 0 Å². The molecule has 0 radical (unpaired) electrons. The van der Waals surface area contributed by atoms with Crippen molar-refractivity contribution >= 4 is 17.5 Å². The van der Waals surface area contributed by atoms with Gasteiger partial charge in [-0.2, -0.15) is 0 Å². The van der Waals surface area contributed by atoms with Crippen molar-refractivity contribution in [2.75, 3.05) is 6.61 Å². The van der Waals surface area contributed by atoms with E-state index in [1.54, 1.807) is 18.2 Å². The zero-order valence-corrected chi connectivity index (χ0v) is 13.8. The van der Waals surface area contributed by atoms with Gasteiger partial charge in [0.05, 0.1) is 17.7 Å². The summed E-state index contributed by atoms with van der Waals surface area (Å²) >= 11 is 6.13. The van der Waals surface area contributed by atoms with E-state index in [0.29, 0.717) is 22.9 Å². The number of carbonyl (C=O) groups is 1. The topological polar surface area (TPSA) is 38.3 Å². The monoisotopic (exact) mass is 317 g/mol. The molecule has 3 nitrogen and oxygen atoms in total. The van der Waals surface area contributed by atoms with Crippen molar-refractivity contribution in [2.45, 2.75) is 26.8 Å². The maximum atomic E-state index is 12.4. The smallest absolute Gasteiger partial charge is 0.251 e. The first-order valence-electron chi connectivity index (χ1n) is 7.31. The van der Waals surface area contributed by atoms with E-state index < -0.39 is 0 Å². The third-order valence-electron chi connectivity index (χ3n) is 3.50. The number of carbonyl (C=O) groups excluding carboxylic acids is 1. The van der Waals surface area contributed by atoms with Crippen LogP contribution in [-0.4, -0.2) is 12.5 Å². The summed E-state index contributed by atoms with van der Waals surface area (Å²) < 4.78 is 5.37. The van der Waals surface area contributed by atoms with Crippen LogP contribution >= 0.6 is 11.6 Å². The summed E-state index contributed by atoms with van der Waals surface area (Å²) in [4.78, 5) is 12.4. The van der Waals surface area contributed by atoms with E-state index in [4.69, 9.17) is 16.3 Å². The number of rotatable bonds is 5. The van der Waals surface area contributed by atoms with Crippen LogP contribution in [0.3, 0.4) is 0 Å². The van der Waals surface area contributed by atoms with Gasteiger partial charge < -0.3 is 10.1 Å². The van der Waals surface area contributed by atoms with E-state index in [9.17, 15) is 4.79 Å². The second kappa shape index (κ2) is 7.32. The van der Waals surface area contributed by atoms with Crippen LogP contribution in [0.15, 0.2) is 42.5 Å². The highest BCUT2D eigenvalue weighted by atomic mass is 35.5. The van der Waals surface area contributed by atoms with Gasteiger partial charge in [-0.25, -0.2) is 0 Å². The van der Waals surface area contributed by atoms with Crippen LogP contribution in [0.4, 0.5) is 0 Å². The van der Waals surface area contributed by atoms with Gasteiger partial charge in [0.25, 0.3) is 5.91 Å². The van der Waals surface area contributed by atoms with Gasteiger partial charge in [0.15, 0.2) is 0 Å². The number of hydrogen-bond acceptors (Lipinski definition) is 2. The largest absolute Gasteiger partial charge is 0.492 e. The zero-order chi connectivity index (χ0) is 16.1. The Morgan fingerprint density at radius 2 is 2.00 bits per heavy atom. The molecule has 116 valence electrons. The van der Waals surface area contributed by atoms with Crippen molar-refractivity contribution in [1.82, 2.24) is 5.32 Å². The molecule has 1 N–H and O–H groups in total. The summed E-state index contributed by atoms with van der Waals surface area (Å²) in [7, 11) is 0. The molecule has 0 saturated carbocycles. The lowest BCUT2D eigenvalue weighted by Crippen LogP contribution is -2.27. The number of hydrogen-bond donors (Lipinski definition) is 1. The second-order valence-electron chi connectivity index (χ2n) is 5.13. The number of ether oxygens (including phenoxy) is 1. The highest BCUT2D eigenvalue weighted by Gasteiger charge is 2.14. The molecule has 0 aliphatic rings. The van der Waals surface area contributed by atoms with Crippen LogP contribution in [0.1, 0.15) is 41.4 Å². The summed E-state index contributed by atoms with van der Waals surface area (Å²) in [5, 5.41) is 3.44. The van der Waals surface area contributed by atoms with E-state index in [-0.39, 0.29) is 11.9 Å². The Morgan fingerprint density at radius 3 is 2.64 bits per heavy atom. The molecule has 0 unspecified atom stereocenters. The number of nitrogens with one attached hydrogen (secondary N) is 1. The van der Waals surface area contributed by atoms with Crippen molar-refractivity contribution in [1.29, 1.82) is 0 Å². The fraction of sp³-hybridized carbons (Fsp3) is 0.278. The maximum Gasteiger partial charge on any atom is 0.251 e. The number of amides is 1. The molecular weight excluding hydrogens is 298 g/mol. The summed E-state index contributed by atoms with van der Waals surface area (Å²) in [5.74, 6) is 0.438. The Labute approximate surface area is 136 Å². The molecular formula is C18H20ClNO2. The summed E-state index contributed by atoms with van der Waals surface area (Å²) in [6.45, 7) is 6.43. The fourth-order valence-electron chi connectivity index (χ4n) is 2.34. The van der Waals surface area contributed by atoms with Crippen molar-refractivity contribution in [3.63, 3.8) is 0 Å². The molecule has 0 fully saturated rings. The molecule has 0 aromatic heterocycles. The standard InChI is InChI=1S/C18H20ClNO2/c1-4-22-17-10-9-14(11-16(17)19)18(21)20-13(3)15-8-6-5-7-12(15)2/h5-11,13H,4H2,1-3H3,(H,20,21)/t13-/m1/s1. The zero-order valence-electron chi connectivity index (χ0n) is 13.0. The van der Waals surface area contributed by atoms with Crippen LogP contribution in [0, 0.1) is 6.92 Å². The maximum absolute atomic E-state index is 12.4. The van der Waals surface area contributed by atoms with Crippen molar-refractivity contribution < 1.29 is 9.53 Å². The molecule has 1 atom stereocenters. The fourth-order valence-corrected chi connectivity index (χ4v) is 2.58. The number of halogens is 1. The Bertz CT molecular complexity index is 670. The first-order valence-corrected chi connectivity index (χ1v) is 7.69. The third kappa shape index (κ3) is 3.80. The van der Waals surface area contributed by atoms with Gasteiger partial charge in [-0.1, -0.05) is 35.9 Å². The molecule has 0 aliphatic heterocycles. The Hall–Kier alpha value is -2.00. The molecule has 0 heterocycles. The molecule has 2 aromatic carbocycles. The van der Waals surface area contributed by atoms with Crippen molar-refractivity contribution in [2.24, 2.45) is 0 Å². The van der Waals surface area contributed by atoms with Gasteiger partial charge in [-0.15, -0.1) is 0 Å². The molecule has 4 heteroatoms. The van der Waals surface area contributed by atoms with Crippen LogP contribution < -0.4 is 10.1 Å². The quantitative estimate of drug-likeness (QED) is 0.879. The van der Waals surface area contributed by atoms with Crippen molar-refractivity contribution in [3.05, 3.63) is 64.2 Å². The molecule has 1 amide bonds. The lowest BCUT2D eigenvalue weighted by Gasteiger charge is -2.17. The predicted octanol–water partition coefficient (Wildman–Crippen LogP) is 4.54. The van der Waals surface area contributed by atoms with Gasteiger partial charge in [0, 0.05) is 5.56 Å². The first-order chi connectivity index (χ1) is 10.5. The number of aryl methyl sites for hydroxylation is 1. The van der Waals surface area contributed by atoms with E-state index in [0.717, 1.165) is 11.1 Å². The summed E-state index contributed by atoms with van der Waals surface area (Å²) in [5.41, 5.74) is 2.78. The first kappa shape index (κ1) is 16.4. The second-order valence-corrected chi connectivity index (χ2v) is 5.54. The van der Waals surface area contributed by atoms with Crippen LogP contribution in [0.25, 0.3) is 0 Å². The molecule has 0 saturated heterocycles. The molecule has 0 aliphatic carbocycles. The Balaban J connectivity index is 2.12. The lowest BCUT2D eigenvalue weighted by atomic mass is 10.0. The van der Waals surface area contributed by atoms with Gasteiger partial charge >= 0.3 is 0 Å². The van der Waals surface area contributed by atoms with Crippen LogP contribution in [0.2, 0.25) is 5.02 Å². The molecule has 0 bridgehead atoms. The minimum Gasteiger partial charge on any atom is -0.492 e. The van der Waals surface area contributed by atoms with Gasteiger partial charge in [0.1, 0.15) is 5.75 Å². The third-order valence-corrected chi connectivity index (χ3v) is 3.79. The predicted molar refractivity (Wildman–Crippen MR) is 89.7 cm³/mol. The molecule has 2 aromatic rings. The molecule has 22 heavy (non-hydrogen) atoms. The summed E-state index contributed by atoms with van der Waals surface area (Å²) in [6, 6.07) is 13.0. The summed E-state index contributed by atoms with van der Waals surface area (Å²) in [6.07, 6.45) is 0. The number of benzene rings is 2. The minimum atomic E-state index is -0.152. The van der Waals surface area contributed by atoms with Crippen molar-refractivity contribution in [3.8, 4) is 5.75 Å². The van der Waals surface area contributed by atoms with Gasteiger partial charge in [-0.3, -0.25) is 4.79 Å². The highest BCUT2D eigenvalue weighted by Crippen LogP contribution is 2.26. The minimum absolute atomic E-state index is 0.0703.